The van der Waals surface area contributed by atoms with Gasteiger partial charge in [0.1, 0.15) is 5.76 Å². The maximum Gasteiger partial charge on any atom is 0.306 e. The SMILES string of the molecule is CC(C)c1noc2c1CC(C(=O)O)CC2. The predicted molar refractivity (Wildman–Crippen MR) is 53.7 cm³/mol. The van der Waals surface area contributed by atoms with Crippen LogP contribution in [0.15, 0.2) is 4.52 Å². The van der Waals surface area contributed by atoms with E-state index in [0.29, 0.717) is 25.2 Å². The van der Waals surface area contributed by atoms with Crippen molar-refractivity contribution < 1.29 is 14.4 Å². The standard InChI is InChI=1S/C11H15NO3/c1-6(2)10-8-5-7(11(13)14)3-4-9(8)15-12-10/h6-7H,3-5H2,1-2H3,(H,13,14). The van der Waals surface area contributed by atoms with E-state index in [1.54, 1.807) is 0 Å². The fourth-order valence-electron chi connectivity index (χ4n) is 2.09. The molecule has 1 atom stereocenters. The van der Waals surface area contributed by atoms with Gasteiger partial charge in [-0.2, -0.15) is 0 Å². The highest BCUT2D eigenvalue weighted by atomic mass is 16.5. The highest BCUT2D eigenvalue weighted by Crippen LogP contribution is 2.31. The van der Waals surface area contributed by atoms with Crippen molar-refractivity contribution in [3.8, 4) is 0 Å². The fraction of sp³-hybridized carbons (Fsp3) is 0.636. The van der Waals surface area contributed by atoms with Gasteiger partial charge in [-0.05, 0) is 18.8 Å². The third-order valence-corrected chi connectivity index (χ3v) is 2.97. The summed E-state index contributed by atoms with van der Waals surface area (Å²) in [6.07, 6.45) is 1.93. The quantitative estimate of drug-likeness (QED) is 0.809. The van der Waals surface area contributed by atoms with Crippen LogP contribution in [0.25, 0.3) is 0 Å². The second-order valence-electron chi connectivity index (χ2n) is 4.40. The molecule has 1 aliphatic rings. The first-order valence-electron chi connectivity index (χ1n) is 5.29. The molecule has 0 saturated carbocycles. The predicted octanol–water partition coefficient (Wildman–Crippen LogP) is 1.99. The Balaban J connectivity index is 2.30. The minimum Gasteiger partial charge on any atom is -0.481 e. The Morgan fingerprint density at radius 2 is 2.33 bits per heavy atom. The molecule has 4 heteroatoms. The molecule has 82 valence electrons. The number of nitrogens with zero attached hydrogens (tertiary/aromatic N) is 1. The van der Waals surface area contributed by atoms with Crippen molar-refractivity contribution >= 4 is 5.97 Å². The number of carboxylic acid groups (broad SMARTS) is 1. The Kier molecular flexibility index (Phi) is 2.50. The minimum atomic E-state index is -0.712. The van der Waals surface area contributed by atoms with Crippen molar-refractivity contribution in [1.82, 2.24) is 5.16 Å². The zero-order chi connectivity index (χ0) is 11.0. The summed E-state index contributed by atoms with van der Waals surface area (Å²) in [7, 11) is 0. The first-order valence-corrected chi connectivity index (χ1v) is 5.29. The Morgan fingerprint density at radius 1 is 1.60 bits per heavy atom. The Morgan fingerprint density at radius 3 is 2.93 bits per heavy atom. The minimum absolute atomic E-state index is 0.269. The number of fused-ring (bicyclic) bond motifs is 1. The fourth-order valence-corrected chi connectivity index (χ4v) is 2.09. The maximum absolute atomic E-state index is 10.9. The average Bonchev–Trinajstić information content (AvgIpc) is 2.59. The van der Waals surface area contributed by atoms with Gasteiger partial charge in [0.2, 0.25) is 0 Å². The van der Waals surface area contributed by atoms with E-state index in [9.17, 15) is 4.79 Å². The number of aliphatic carboxylic acids is 1. The van der Waals surface area contributed by atoms with Gasteiger partial charge in [0, 0.05) is 12.0 Å². The summed E-state index contributed by atoms with van der Waals surface area (Å²) in [6, 6.07) is 0. The molecule has 1 aromatic rings. The summed E-state index contributed by atoms with van der Waals surface area (Å²) in [5.74, 6) is 0.201. The van der Waals surface area contributed by atoms with E-state index in [2.05, 4.69) is 5.16 Å². The molecule has 0 saturated heterocycles. The number of carbonyl (C=O) groups is 1. The van der Waals surface area contributed by atoms with Crippen molar-refractivity contribution in [2.75, 3.05) is 0 Å². The van der Waals surface area contributed by atoms with Crippen LogP contribution in [-0.2, 0) is 17.6 Å². The average molecular weight is 209 g/mol. The lowest BCUT2D eigenvalue weighted by atomic mass is 9.85. The number of carboxylic acids is 1. The second-order valence-corrected chi connectivity index (χ2v) is 4.40. The van der Waals surface area contributed by atoms with E-state index >= 15 is 0 Å². The zero-order valence-electron chi connectivity index (χ0n) is 8.99. The zero-order valence-corrected chi connectivity index (χ0v) is 8.99. The summed E-state index contributed by atoms with van der Waals surface area (Å²) in [5.41, 5.74) is 1.96. The first-order chi connectivity index (χ1) is 7.09. The molecule has 0 radical (unpaired) electrons. The number of aryl methyl sites for hydroxylation is 1. The molecule has 0 aromatic carbocycles. The van der Waals surface area contributed by atoms with Crippen LogP contribution in [0, 0.1) is 5.92 Å². The van der Waals surface area contributed by atoms with Gasteiger partial charge in [-0.25, -0.2) is 0 Å². The molecule has 1 unspecified atom stereocenters. The number of aromatic nitrogens is 1. The van der Waals surface area contributed by atoms with Crippen molar-refractivity contribution in [3.63, 3.8) is 0 Å². The van der Waals surface area contributed by atoms with Crippen molar-refractivity contribution in [2.45, 2.75) is 39.0 Å². The Labute approximate surface area is 88.3 Å². The molecule has 0 spiro atoms. The summed E-state index contributed by atoms with van der Waals surface area (Å²) >= 11 is 0. The molecule has 0 bridgehead atoms. The maximum atomic E-state index is 10.9. The molecule has 2 rings (SSSR count). The number of rotatable bonds is 2. The third kappa shape index (κ3) is 1.76. The van der Waals surface area contributed by atoms with Crippen molar-refractivity contribution in [3.05, 3.63) is 17.0 Å². The molecule has 1 N–H and O–H groups in total. The van der Waals surface area contributed by atoms with Crippen LogP contribution in [-0.4, -0.2) is 16.2 Å². The molecule has 1 aliphatic carbocycles. The lowest BCUT2D eigenvalue weighted by Crippen LogP contribution is -2.22. The van der Waals surface area contributed by atoms with Gasteiger partial charge >= 0.3 is 5.97 Å². The Bertz CT molecular complexity index is 381. The highest BCUT2D eigenvalue weighted by molar-refractivity contribution is 5.71. The summed E-state index contributed by atoms with van der Waals surface area (Å²) in [5, 5.41) is 13.0. The topological polar surface area (TPSA) is 63.3 Å². The lowest BCUT2D eigenvalue weighted by Gasteiger charge is -2.17. The molecule has 0 aliphatic heterocycles. The smallest absolute Gasteiger partial charge is 0.306 e. The van der Waals surface area contributed by atoms with Crippen LogP contribution in [0.2, 0.25) is 0 Å². The lowest BCUT2D eigenvalue weighted by molar-refractivity contribution is -0.142. The number of hydrogen-bond donors (Lipinski definition) is 1. The van der Waals surface area contributed by atoms with Crippen LogP contribution in [0.5, 0.6) is 0 Å². The van der Waals surface area contributed by atoms with Gasteiger partial charge < -0.3 is 9.63 Å². The molecule has 0 amide bonds. The van der Waals surface area contributed by atoms with E-state index in [1.165, 1.54) is 0 Å². The van der Waals surface area contributed by atoms with Gasteiger partial charge in [0.15, 0.2) is 0 Å². The Hall–Kier alpha value is -1.32. The molecule has 0 fully saturated rings. The number of hydrogen-bond acceptors (Lipinski definition) is 3. The van der Waals surface area contributed by atoms with Crippen LogP contribution in [0.4, 0.5) is 0 Å². The van der Waals surface area contributed by atoms with Gasteiger partial charge in [-0.1, -0.05) is 19.0 Å². The van der Waals surface area contributed by atoms with Crippen LogP contribution in [0.1, 0.15) is 43.2 Å². The van der Waals surface area contributed by atoms with Gasteiger partial charge in [0.05, 0.1) is 11.6 Å². The molecule has 15 heavy (non-hydrogen) atoms. The van der Waals surface area contributed by atoms with Crippen LogP contribution in [0.3, 0.4) is 0 Å². The molecular weight excluding hydrogens is 194 g/mol. The molecule has 1 aromatic heterocycles. The first kappa shape index (κ1) is 10.2. The second kappa shape index (κ2) is 3.68. The van der Waals surface area contributed by atoms with E-state index in [0.717, 1.165) is 17.0 Å². The monoisotopic (exact) mass is 209 g/mol. The van der Waals surface area contributed by atoms with Gasteiger partial charge in [-0.15, -0.1) is 0 Å². The molecule has 4 nitrogen and oxygen atoms in total. The van der Waals surface area contributed by atoms with Gasteiger partial charge in [-0.3, -0.25) is 4.79 Å². The summed E-state index contributed by atoms with van der Waals surface area (Å²) in [6.45, 7) is 4.09. The summed E-state index contributed by atoms with van der Waals surface area (Å²) < 4.78 is 5.23. The van der Waals surface area contributed by atoms with Crippen molar-refractivity contribution in [2.24, 2.45) is 5.92 Å². The van der Waals surface area contributed by atoms with Crippen LogP contribution >= 0.6 is 0 Å². The largest absolute Gasteiger partial charge is 0.481 e. The van der Waals surface area contributed by atoms with Gasteiger partial charge in [0.25, 0.3) is 0 Å². The van der Waals surface area contributed by atoms with Crippen molar-refractivity contribution in [1.29, 1.82) is 0 Å². The van der Waals surface area contributed by atoms with E-state index in [-0.39, 0.29) is 5.92 Å². The molecular formula is C11H15NO3. The van der Waals surface area contributed by atoms with E-state index < -0.39 is 5.97 Å². The van der Waals surface area contributed by atoms with Crippen LogP contribution < -0.4 is 0 Å². The highest BCUT2D eigenvalue weighted by Gasteiger charge is 2.30. The molecule has 1 heterocycles. The normalized spacial score (nSPS) is 20.3. The van der Waals surface area contributed by atoms with E-state index in [4.69, 9.17) is 9.63 Å². The van der Waals surface area contributed by atoms with E-state index in [1.807, 2.05) is 13.8 Å². The summed E-state index contributed by atoms with van der Waals surface area (Å²) in [4.78, 5) is 10.9. The third-order valence-electron chi connectivity index (χ3n) is 2.97.